The van der Waals surface area contributed by atoms with Gasteiger partial charge in [-0.2, -0.15) is 0 Å². The number of aliphatic imine (C=N–C) groups is 1. The van der Waals surface area contributed by atoms with E-state index in [-0.39, 0.29) is 24.0 Å². The predicted octanol–water partition coefficient (Wildman–Crippen LogP) is 3.34. The van der Waals surface area contributed by atoms with E-state index < -0.39 is 0 Å². The number of rotatable bonds is 10. The molecule has 31 heavy (non-hydrogen) atoms. The van der Waals surface area contributed by atoms with Crippen LogP contribution in [0.3, 0.4) is 0 Å². The van der Waals surface area contributed by atoms with Crippen molar-refractivity contribution in [2.45, 2.75) is 40.2 Å². The first-order valence-electron chi connectivity index (χ1n) is 11.7. The molecule has 2 aliphatic rings. The van der Waals surface area contributed by atoms with Gasteiger partial charge in [0.2, 0.25) is 0 Å². The molecule has 3 rings (SSSR count). The second-order valence-electron chi connectivity index (χ2n) is 9.15. The van der Waals surface area contributed by atoms with Gasteiger partial charge in [-0.15, -0.1) is 24.0 Å². The van der Waals surface area contributed by atoms with Crippen LogP contribution in [0.25, 0.3) is 0 Å². The molecule has 1 atom stereocenters. The highest BCUT2D eigenvalue weighted by molar-refractivity contribution is 14.0. The molecule has 1 heterocycles. The molecule has 1 aliphatic carbocycles. The van der Waals surface area contributed by atoms with Crippen molar-refractivity contribution < 1.29 is 4.74 Å². The van der Waals surface area contributed by atoms with E-state index in [1.807, 2.05) is 0 Å². The molecule has 1 saturated heterocycles. The summed E-state index contributed by atoms with van der Waals surface area (Å²) in [6, 6.07) is 6.44. The second-order valence-corrected chi connectivity index (χ2v) is 9.15. The summed E-state index contributed by atoms with van der Waals surface area (Å²) in [6.07, 6.45) is 2.61. The molecule has 2 fully saturated rings. The Morgan fingerprint density at radius 1 is 1.19 bits per heavy atom. The monoisotopic (exact) mass is 543 g/mol. The van der Waals surface area contributed by atoms with Crippen molar-refractivity contribution in [1.29, 1.82) is 0 Å². The van der Waals surface area contributed by atoms with E-state index in [0.29, 0.717) is 12.5 Å². The van der Waals surface area contributed by atoms with E-state index in [1.165, 1.54) is 44.6 Å². The molecule has 7 heteroatoms. The average molecular weight is 544 g/mol. The van der Waals surface area contributed by atoms with Gasteiger partial charge in [-0.1, -0.05) is 19.1 Å². The lowest BCUT2D eigenvalue weighted by molar-refractivity contribution is 0.139. The summed E-state index contributed by atoms with van der Waals surface area (Å²) in [4.78, 5) is 9.82. The normalized spacial score (nSPS) is 18.9. The number of nitrogens with one attached hydrogen (secondary N) is 2. The molecule has 0 amide bonds. The van der Waals surface area contributed by atoms with E-state index in [2.05, 4.69) is 66.5 Å². The topological polar surface area (TPSA) is 52.1 Å². The third kappa shape index (κ3) is 9.53. The summed E-state index contributed by atoms with van der Waals surface area (Å²) in [7, 11) is 2.21. The number of likely N-dealkylation sites (N-methyl/N-ethyl adjacent to an activating group) is 1. The van der Waals surface area contributed by atoms with Crippen molar-refractivity contribution in [3.63, 3.8) is 0 Å². The summed E-state index contributed by atoms with van der Waals surface area (Å²) >= 11 is 0. The maximum atomic E-state index is 6.11. The zero-order chi connectivity index (χ0) is 21.3. The number of halogens is 1. The van der Waals surface area contributed by atoms with Gasteiger partial charge in [0.25, 0.3) is 0 Å². The Labute approximate surface area is 206 Å². The van der Waals surface area contributed by atoms with Gasteiger partial charge in [0.1, 0.15) is 5.75 Å². The lowest BCUT2D eigenvalue weighted by Gasteiger charge is -2.34. The summed E-state index contributed by atoms with van der Waals surface area (Å²) in [5.74, 6) is 3.21. The standard InChI is InChI=1S/C24H41N5O.HI/c1-5-25-24(26-15-20(3)17-29-12-10-28(4)11-13-29)27-16-22-9-6-19(2)14-23(22)30-18-21-7-8-21;/h6,9,14,20-21H,5,7-8,10-13,15-18H2,1-4H3,(H2,25,26,27);1H. The number of nitrogens with zero attached hydrogens (tertiary/aromatic N) is 3. The van der Waals surface area contributed by atoms with E-state index >= 15 is 0 Å². The highest BCUT2D eigenvalue weighted by Gasteiger charge is 2.22. The molecule has 0 bridgehead atoms. The minimum absolute atomic E-state index is 0. The molecular formula is C24H42IN5O. The summed E-state index contributed by atoms with van der Waals surface area (Å²) in [5.41, 5.74) is 2.39. The van der Waals surface area contributed by atoms with Crippen LogP contribution < -0.4 is 15.4 Å². The van der Waals surface area contributed by atoms with Crippen molar-refractivity contribution in [3.8, 4) is 5.75 Å². The smallest absolute Gasteiger partial charge is 0.191 e. The molecule has 0 aromatic heterocycles. The number of guanidine groups is 1. The highest BCUT2D eigenvalue weighted by atomic mass is 127. The van der Waals surface area contributed by atoms with Crippen LogP contribution in [0.2, 0.25) is 0 Å². The molecular weight excluding hydrogens is 501 g/mol. The van der Waals surface area contributed by atoms with Crippen molar-refractivity contribution in [2.75, 3.05) is 59.5 Å². The largest absolute Gasteiger partial charge is 0.493 e. The lowest BCUT2D eigenvalue weighted by atomic mass is 10.1. The van der Waals surface area contributed by atoms with Crippen LogP contribution in [0.5, 0.6) is 5.75 Å². The molecule has 0 radical (unpaired) electrons. The Morgan fingerprint density at radius 2 is 1.94 bits per heavy atom. The van der Waals surface area contributed by atoms with Crippen molar-refractivity contribution >= 4 is 29.9 Å². The van der Waals surface area contributed by atoms with Crippen molar-refractivity contribution in [3.05, 3.63) is 29.3 Å². The minimum Gasteiger partial charge on any atom is -0.493 e. The van der Waals surface area contributed by atoms with Gasteiger partial charge in [-0.25, -0.2) is 4.99 Å². The number of hydrogen-bond donors (Lipinski definition) is 2. The first-order valence-corrected chi connectivity index (χ1v) is 11.7. The van der Waals surface area contributed by atoms with Gasteiger partial charge in [-0.3, -0.25) is 0 Å². The van der Waals surface area contributed by atoms with Gasteiger partial charge in [0.05, 0.1) is 13.2 Å². The van der Waals surface area contributed by atoms with Crippen LogP contribution in [-0.2, 0) is 6.54 Å². The van der Waals surface area contributed by atoms with Crippen molar-refractivity contribution in [1.82, 2.24) is 20.4 Å². The second kappa shape index (κ2) is 13.5. The molecule has 6 nitrogen and oxygen atoms in total. The number of benzene rings is 1. The Hall–Kier alpha value is -1.06. The molecule has 1 unspecified atom stereocenters. The molecule has 1 saturated carbocycles. The van der Waals surface area contributed by atoms with Crippen LogP contribution >= 0.6 is 24.0 Å². The Balaban J connectivity index is 0.00000341. The first kappa shape index (κ1) is 26.2. The Bertz CT molecular complexity index is 687. The number of hydrogen-bond acceptors (Lipinski definition) is 4. The fourth-order valence-electron chi connectivity index (χ4n) is 3.73. The third-order valence-electron chi connectivity index (χ3n) is 5.93. The quantitative estimate of drug-likeness (QED) is 0.270. The molecule has 2 N–H and O–H groups in total. The summed E-state index contributed by atoms with van der Waals surface area (Å²) in [5, 5.41) is 6.93. The molecule has 1 aliphatic heterocycles. The SMILES string of the molecule is CCNC(=NCc1ccc(C)cc1OCC1CC1)NCC(C)CN1CCN(C)CC1.I. The third-order valence-corrected chi connectivity index (χ3v) is 5.93. The van der Waals surface area contributed by atoms with E-state index in [4.69, 9.17) is 9.73 Å². The van der Waals surface area contributed by atoms with Crippen LogP contribution in [-0.4, -0.2) is 75.2 Å². The molecule has 1 aromatic rings. The minimum atomic E-state index is 0. The molecule has 176 valence electrons. The molecule has 0 spiro atoms. The van der Waals surface area contributed by atoms with Crippen LogP contribution in [0, 0.1) is 18.8 Å². The maximum absolute atomic E-state index is 6.11. The van der Waals surface area contributed by atoms with Gasteiger partial charge >= 0.3 is 0 Å². The summed E-state index contributed by atoms with van der Waals surface area (Å²) in [6.45, 7) is 15.6. The van der Waals surface area contributed by atoms with E-state index in [9.17, 15) is 0 Å². The zero-order valence-electron chi connectivity index (χ0n) is 19.8. The fourth-order valence-corrected chi connectivity index (χ4v) is 3.73. The first-order chi connectivity index (χ1) is 14.5. The zero-order valence-corrected chi connectivity index (χ0v) is 22.2. The van der Waals surface area contributed by atoms with Crippen LogP contribution in [0.4, 0.5) is 0 Å². The summed E-state index contributed by atoms with van der Waals surface area (Å²) < 4.78 is 6.11. The number of aryl methyl sites for hydroxylation is 1. The van der Waals surface area contributed by atoms with Crippen LogP contribution in [0.1, 0.15) is 37.8 Å². The van der Waals surface area contributed by atoms with Gasteiger partial charge in [0, 0.05) is 51.4 Å². The van der Waals surface area contributed by atoms with Gasteiger partial charge in [-0.05, 0) is 57.2 Å². The lowest BCUT2D eigenvalue weighted by Crippen LogP contribution is -2.47. The Morgan fingerprint density at radius 3 is 2.61 bits per heavy atom. The fraction of sp³-hybridized carbons (Fsp3) is 0.708. The predicted molar refractivity (Wildman–Crippen MR) is 141 cm³/mol. The van der Waals surface area contributed by atoms with E-state index in [0.717, 1.165) is 49.4 Å². The molecule has 1 aromatic carbocycles. The Kier molecular flexibility index (Phi) is 11.4. The van der Waals surface area contributed by atoms with Gasteiger partial charge < -0.3 is 25.2 Å². The van der Waals surface area contributed by atoms with E-state index in [1.54, 1.807) is 0 Å². The van der Waals surface area contributed by atoms with Crippen molar-refractivity contribution in [2.24, 2.45) is 16.8 Å². The van der Waals surface area contributed by atoms with Gasteiger partial charge in [0.15, 0.2) is 5.96 Å². The number of ether oxygens (including phenoxy) is 1. The maximum Gasteiger partial charge on any atom is 0.191 e. The average Bonchev–Trinajstić information content (AvgIpc) is 3.56. The number of piperazine rings is 1. The highest BCUT2D eigenvalue weighted by Crippen LogP contribution is 2.30. The van der Waals surface area contributed by atoms with Crippen LogP contribution in [0.15, 0.2) is 23.2 Å².